The van der Waals surface area contributed by atoms with Crippen molar-refractivity contribution >= 4 is 40.1 Å². The highest BCUT2D eigenvalue weighted by atomic mass is 127. The average molecular weight is 326 g/mol. The molecule has 0 aliphatic heterocycles. The molecular formula is C9H9ClINO2. The molecule has 0 aliphatic rings. The molecule has 1 aromatic carbocycles. The molecule has 5 heteroatoms. The number of hydrogen-bond donors (Lipinski definition) is 2. The Labute approximate surface area is 101 Å². The minimum absolute atomic E-state index is 0.0591. The number of aliphatic hydroxyl groups is 1. The second kappa shape index (κ2) is 5.53. The van der Waals surface area contributed by atoms with E-state index >= 15 is 0 Å². The lowest BCUT2D eigenvalue weighted by Crippen LogP contribution is -2.26. The molecular weight excluding hydrogens is 316 g/mol. The van der Waals surface area contributed by atoms with Crippen molar-refractivity contribution < 1.29 is 9.90 Å². The van der Waals surface area contributed by atoms with E-state index in [-0.39, 0.29) is 19.1 Å². The number of amides is 1. The van der Waals surface area contributed by atoms with Crippen LogP contribution in [0.2, 0.25) is 5.02 Å². The summed E-state index contributed by atoms with van der Waals surface area (Å²) in [6.07, 6.45) is 0. The van der Waals surface area contributed by atoms with Crippen LogP contribution in [0.4, 0.5) is 0 Å². The Morgan fingerprint density at radius 1 is 1.57 bits per heavy atom. The molecule has 0 heterocycles. The Balaban J connectivity index is 2.76. The molecule has 0 spiro atoms. The fraction of sp³-hybridized carbons (Fsp3) is 0.222. The van der Waals surface area contributed by atoms with Gasteiger partial charge in [0, 0.05) is 15.7 Å². The maximum atomic E-state index is 11.4. The summed E-state index contributed by atoms with van der Waals surface area (Å²) < 4.78 is 0.834. The molecule has 0 aliphatic carbocycles. The first-order chi connectivity index (χ1) is 6.65. The third-order valence-corrected chi connectivity index (χ3v) is 3.12. The zero-order valence-corrected chi connectivity index (χ0v) is 10.2. The minimum Gasteiger partial charge on any atom is -0.395 e. The van der Waals surface area contributed by atoms with Crippen LogP contribution in [0.5, 0.6) is 0 Å². The molecule has 0 aromatic heterocycles. The summed E-state index contributed by atoms with van der Waals surface area (Å²) in [6, 6.07) is 5.03. The number of rotatable bonds is 3. The topological polar surface area (TPSA) is 49.3 Å². The van der Waals surface area contributed by atoms with Crippen molar-refractivity contribution in [1.29, 1.82) is 0 Å². The first kappa shape index (κ1) is 11.7. The molecule has 0 unspecified atom stereocenters. The van der Waals surface area contributed by atoms with Crippen LogP contribution < -0.4 is 5.32 Å². The van der Waals surface area contributed by atoms with E-state index in [1.54, 1.807) is 18.2 Å². The quantitative estimate of drug-likeness (QED) is 0.831. The zero-order chi connectivity index (χ0) is 10.6. The Kier molecular flexibility index (Phi) is 4.64. The Morgan fingerprint density at radius 2 is 2.29 bits per heavy atom. The number of aliphatic hydroxyl groups excluding tert-OH is 1. The van der Waals surface area contributed by atoms with Gasteiger partial charge in [-0.15, -0.1) is 0 Å². The highest BCUT2D eigenvalue weighted by Gasteiger charge is 2.06. The predicted molar refractivity (Wildman–Crippen MR) is 63.6 cm³/mol. The van der Waals surface area contributed by atoms with E-state index in [1.807, 2.05) is 0 Å². The monoisotopic (exact) mass is 325 g/mol. The normalized spacial score (nSPS) is 9.93. The van der Waals surface area contributed by atoms with Crippen molar-refractivity contribution in [2.75, 3.05) is 13.2 Å². The first-order valence-corrected chi connectivity index (χ1v) is 5.45. The van der Waals surface area contributed by atoms with Crippen LogP contribution >= 0.6 is 34.2 Å². The van der Waals surface area contributed by atoms with Gasteiger partial charge in [0.15, 0.2) is 0 Å². The average Bonchev–Trinajstić information content (AvgIpc) is 2.18. The molecule has 0 saturated heterocycles. The molecule has 1 rings (SSSR count). The predicted octanol–water partition coefficient (Wildman–Crippen LogP) is 1.67. The van der Waals surface area contributed by atoms with Crippen molar-refractivity contribution in [2.45, 2.75) is 0 Å². The summed E-state index contributed by atoms with van der Waals surface area (Å²) in [5.41, 5.74) is 0.548. The molecule has 1 amide bonds. The van der Waals surface area contributed by atoms with Gasteiger partial charge in [0.05, 0.1) is 11.6 Å². The summed E-state index contributed by atoms with van der Waals surface area (Å²) in [6.45, 7) is 0.203. The van der Waals surface area contributed by atoms with E-state index in [1.165, 1.54) is 0 Å². The van der Waals surface area contributed by atoms with Crippen LogP contribution in [0, 0.1) is 3.57 Å². The van der Waals surface area contributed by atoms with E-state index in [9.17, 15) is 4.79 Å². The van der Waals surface area contributed by atoms with Gasteiger partial charge in [-0.1, -0.05) is 11.6 Å². The molecule has 0 saturated carbocycles. The number of halogens is 2. The summed E-state index contributed by atoms with van der Waals surface area (Å²) in [7, 11) is 0. The number of carbonyl (C=O) groups is 1. The van der Waals surface area contributed by atoms with Crippen LogP contribution in [0.25, 0.3) is 0 Å². The van der Waals surface area contributed by atoms with Gasteiger partial charge < -0.3 is 10.4 Å². The third kappa shape index (κ3) is 3.11. The van der Waals surface area contributed by atoms with E-state index in [0.29, 0.717) is 10.6 Å². The molecule has 0 bridgehead atoms. The maximum Gasteiger partial charge on any atom is 0.251 e. The van der Waals surface area contributed by atoms with Gasteiger partial charge in [0.1, 0.15) is 0 Å². The lowest BCUT2D eigenvalue weighted by molar-refractivity contribution is 0.0944. The molecule has 3 nitrogen and oxygen atoms in total. The highest BCUT2D eigenvalue weighted by Crippen LogP contribution is 2.19. The summed E-state index contributed by atoms with van der Waals surface area (Å²) >= 11 is 7.87. The van der Waals surface area contributed by atoms with Gasteiger partial charge in [-0.3, -0.25) is 4.79 Å². The molecule has 2 N–H and O–H groups in total. The lowest BCUT2D eigenvalue weighted by atomic mass is 10.2. The van der Waals surface area contributed by atoms with Gasteiger partial charge in [-0.2, -0.15) is 0 Å². The standard InChI is InChI=1S/C9H9ClINO2/c10-7-2-1-6(5-8(7)11)9(14)12-3-4-13/h1-2,5,13H,3-4H2,(H,12,14). The molecule has 0 fully saturated rings. The van der Waals surface area contributed by atoms with E-state index in [4.69, 9.17) is 16.7 Å². The molecule has 0 radical (unpaired) electrons. The Bertz CT molecular complexity index is 344. The maximum absolute atomic E-state index is 11.4. The molecule has 14 heavy (non-hydrogen) atoms. The van der Waals surface area contributed by atoms with Gasteiger partial charge in [-0.25, -0.2) is 0 Å². The van der Waals surface area contributed by atoms with Gasteiger partial charge in [0.2, 0.25) is 0 Å². The van der Waals surface area contributed by atoms with Crippen LogP contribution in [0.15, 0.2) is 18.2 Å². The Hall–Kier alpha value is -0.330. The van der Waals surface area contributed by atoms with Crippen molar-refractivity contribution in [2.24, 2.45) is 0 Å². The zero-order valence-electron chi connectivity index (χ0n) is 7.26. The fourth-order valence-corrected chi connectivity index (χ4v) is 1.54. The third-order valence-electron chi connectivity index (χ3n) is 1.58. The van der Waals surface area contributed by atoms with Crippen LogP contribution in [0.3, 0.4) is 0 Å². The minimum atomic E-state index is -0.200. The van der Waals surface area contributed by atoms with E-state index in [0.717, 1.165) is 3.57 Å². The lowest BCUT2D eigenvalue weighted by Gasteiger charge is -2.04. The van der Waals surface area contributed by atoms with Gasteiger partial charge in [0.25, 0.3) is 5.91 Å². The van der Waals surface area contributed by atoms with E-state index in [2.05, 4.69) is 27.9 Å². The summed E-state index contributed by atoms with van der Waals surface area (Å²) in [4.78, 5) is 11.4. The molecule has 76 valence electrons. The van der Waals surface area contributed by atoms with Crippen LogP contribution in [0.1, 0.15) is 10.4 Å². The van der Waals surface area contributed by atoms with E-state index < -0.39 is 0 Å². The van der Waals surface area contributed by atoms with Crippen LogP contribution in [-0.4, -0.2) is 24.2 Å². The number of hydrogen-bond acceptors (Lipinski definition) is 2. The smallest absolute Gasteiger partial charge is 0.251 e. The van der Waals surface area contributed by atoms with Crippen LogP contribution in [-0.2, 0) is 0 Å². The number of nitrogens with one attached hydrogen (secondary N) is 1. The van der Waals surface area contributed by atoms with Crippen molar-refractivity contribution in [3.05, 3.63) is 32.4 Å². The Morgan fingerprint density at radius 3 is 2.86 bits per heavy atom. The first-order valence-electron chi connectivity index (χ1n) is 3.99. The fourth-order valence-electron chi connectivity index (χ4n) is 0.909. The number of carbonyl (C=O) groups excluding carboxylic acids is 1. The highest BCUT2D eigenvalue weighted by molar-refractivity contribution is 14.1. The van der Waals surface area contributed by atoms with Crippen molar-refractivity contribution in [3.8, 4) is 0 Å². The number of benzene rings is 1. The molecule has 1 aromatic rings. The van der Waals surface area contributed by atoms with Crippen molar-refractivity contribution in [1.82, 2.24) is 5.32 Å². The van der Waals surface area contributed by atoms with Crippen molar-refractivity contribution in [3.63, 3.8) is 0 Å². The summed E-state index contributed by atoms with van der Waals surface area (Å²) in [5, 5.41) is 11.7. The second-order valence-corrected chi connectivity index (χ2v) is 4.18. The molecule has 0 atom stereocenters. The van der Waals surface area contributed by atoms with Gasteiger partial charge >= 0.3 is 0 Å². The largest absolute Gasteiger partial charge is 0.395 e. The second-order valence-electron chi connectivity index (χ2n) is 2.61. The summed E-state index contributed by atoms with van der Waals surface area (Å²) in [5.74, 6) is -0.200. The van der Waals surface area contributed by atoms with Gasteiger partial charge in [-0.05, 0) is 40.8 Å². The SMILES string of the molecule is O=C(NCCO)c1ccc(Cl)c(I)c1.